The predicted octanol–water partition coefficient (Wildman–Crippen LogP) is 3.44. The van der Waals surface area contributed by atoms with E-state index in [4.69, 9.17) is 0 Å². The second-order valence-electron chi connectivity index (χ2n) is 3.48. The summed E-state index contributed by atoms with van der Waals surface area (Å²) in [5, 5.41) is 3.65. The van der Waals surface area contributed by atoms with E-state index in [1.165, 1.54) is 34.8 Å². The maximum atomic E-state index is 11.5. The van der Waals surface area contributed by atoms with Gasteiger partial charge in [0.25, 0.3) is 0 Å². The first-order valence-electron chi connectivity index (χ1n) is 5.61. The zero-order chi connectivity index (χ0) is 14.2. The third-order valence-corrected chi connectivity index (χ3v) is 3.85. The second kappa shape index (κ2) is 7.25. The number of allylic oxidation sites excluding steroid dienone is 2. The Labute approximate surface area is 124 Å². The molecule has 0 N–H and O–H groups in total. The average Bonchev–Trinajstić information content (AvgIpc) is 3.14. The Hall–Kier alpha value is -2.40. The molecule has 0 spiro atoms. The molecule has 0 aliphatic carbocycles. The Bertz CT molecular complexity index is 677. The summed E-state index contributed by atoms with van der Waals surface area (Å²) < 4.78 is 0. The highest BCUT2D eigenvalue weighted by molar-refractivity contribution is 7.12. The molecule has 2 nitrogen and oxygen atoms in total. The van der Waals surface area contributed by atoms with E-state index in [0.717, 1.165) is 0 Å². The van der Waals surface area contributed by atoms with Gasteiger partial charge in [0.1, 0.15) is 0 Å². The van der Waals surface area contributed by atoms with E-state index in [-0.39, 0.29) is 11.6 Å². The van der Waals surface area contributed by atoms with Crippen LogP contribution in [-0.2, 0) is 0 Å². The Balaban J connectivity index is 1.90. The molecule has 2 aromatic rings. The molecule has 2 heterocycles. The molecule has 0 saturated carbocycles. The summed E-state index contributed by atoms with van der Waals surface area (Å²) >= 11 is 2.71. The molecule has 0 aliphatic heterocycles. The van der Waals surface area contributed by atoms with Gasteiger partial charge in [-0.15, -0.1) is 22.7 Å². The van der Waals surface area contributed by atoms with E-state index >= 15 is 0 Å². The number of ketones is 2. The van der Waals surface area contributed by atoms with Crippen LogP contribution in [0.3, 0.4) is 0 Å². The number of rotatable bonds is 2. The topological polar surface area (TPSA) is 34.1 Å². The van der Waals surface area contributed by atoms with Crippen LogP contribution in [0.1, 0.15) is 19.3 Å². The van der Waals surface area contributed by atoms with Gasteiger partial charge in [0, 0.05) is 0 Å². The normalized spacial score (nSPS) is 9.40. The summed E-state index contributed by atoms with van der Waals surface area (Å²) in [4.78, 5) is 24.3. The fourth-order valence-electron chi connectivity index (χ4n) is 1.24. The number of carbonyl (C=O) groups is 2. The van der Waals surface area contributed by atoms with Crippen LogP contribution in [0.15, 0.2) is 47.2 Å². The highest BCUT2D eigenvalue weighted by atomic mass is 32.1. The van der Waals surface area contributed by atoms with E-state index in [2.05, 4.69) is 23.7 Å². The monoisotopic (exact) mass is 296 g/mol. The molecular formula is C16H8O2S2. The summed E-state index contributed by atoms with van der Waals surface area (Å²) in [6.45, 7) is 0. The Morgan fingerprint density at radius 2 is 1.30 bits per heavy atom. The molecule has 0 saturated heterocycles. The zero-order valence-corrected chi connectivity index (χ0v) is 11.9. The van der Waals surface area contributed by atoms with Crippen molar-refractivity contribution in [3.8, 4) is 23.7 Å². The van der Waals surface area contributed by atoms with Crippen molar-refractivity contribution < 1.29 is 9.59 Å². The smallest absolute Gasteiger partial charge is 0.246 e. The first-order chi connectivity index (χ1) is 9.77. The fourth-order valence-corrected chi connectivity index (χ4v) is 2.47. The van der Waals surface area contributed by atoms with Crippen LogP contribution in [0, 0.1) is 23.7 Å². The molecular weight excluding hydrogens is 288 g/mol. The van der Waals surface area contributed by atoms with Crippen molar-refractivity contribution in [2.45, 2.75) is 0 Å². The lowest BCUT2D eigenvalue weighted by Crippen LogP contribution is -1.89. The van der Waals surface area contributed by atoms with Gasteiger partial charge in [-0.1, -0.05) is 24.0 Å². The van der Waals surface area contributed by atoms with Gasteiger partial charge in [-0.25, -0.2) is 0 Å². The molecule has 20 heavy (non-hydrogen) atoms. The van der Waals surface area contributed by atoms with E-state index in [9.17, 15) is 9.59 Å². The van der Waals surface area contributed by atoms with Gasteiger partial charge in [-0.05, 0) is 46.9 Å². The number of carbonyl (C=O) groups excluding carboxylic acids is 2. The van der Waals surface area contributed by atoms with Gasteiger partial charge in [0.15, 0.2) is 0 Å². The van der Waals surface area contributed by atoms with Gasteiger partial charge in [0.2, 0.25) is 11.6 Å². The van der Waals surface area contributed by atoms with Crippen LogP contribution in [0.4, 0.5) is 0 Å². The number of hydrogen-bond acceptors (Lipinski definition) is 4. The summed E-state index contributed by atoms with van der Waals surface area (Å²) in [7, 11) is 0. The minimum atomic E-state index is -0.215. The third-order valence-electron chi connectivity index (χ3n) is 2.11. The third kappa shape index (κ3) is 4.07. The lowest BCUT2D eigenvalue weighted by Gasteiger charge is -1.81. The molecule has 0 bridgehead atoms. The van der Waals surface area contributed by atoms with Crippen molar-refractivity contribution in [2.24, 2.45) is 0 Å². The zero-order valence-electron chi connectivity index (χ0n) is 10.3. The molecule has 2 aromatic heterocycles. The number of hydrogen-bond donors (Lipinski definition) is 0. The summed E-state index contributed by atoms with van der Waals surface area (Å²) in [5.74, 6) is 9.73. The highest BCUT2D eigenvalue weighted by Crippen LogP contribution is 2.08. The molecule has 0 fully saturated rings. The van der Waals surface area contributed by atoms with Crippen LogP contribution >= 0.6 is 22.7 Å². The molecule has 0 radical (unpaired) electrons. The summed E-state index contributed by atoms with van der Waals surface area (Å²) in [6.07, 6.45) is 2.92. The summed E-state index contributed by atoms with van der Waals surface area (Å²) in [5.41, 5.74) is 0. The van der Waals surface area contributed by atoms with Crippen LogP contribution < -0.4 is 0 Å². The predicted molar refractivity (Wildman–Crippen MR) is 82.0 cm³/mol. The molecule has 0 aromatic carbocycles. The lowest BCUT2D eigenvalue weighted by atomic mass is 10.3. The van der Waals surface area contributed by atoms with Crippen molar-refractivity contribution in [3.63, 3.8) is 0 Å². The maximum absolute atomic E-state index is 11.5. The first kappa shape index (κ1) is 14.0. The molecule has 0 aliphatic rings. The maximum Gasteiger partial charge on any atom is 0.246 e. The first-order valence-corrected chi connectivity index (χ1v) is 7.37. The minimum Gasteiger partial charge on any atom is -0.278 e. The summed E-state index contributed by atoms with van der Waals surface area (Å²) in [6, 6.07) is 7.06. The number of Topliss-reactive ketones (excluding diaryl/α,β-unsaturated/α-hetero) is 2. The van der Waals surface area contributed by atoms with Crippen molar-refractivity contribution in [1.82, 2.24) is 0 Å². The molecule has 0 amide bonds. The van der Waals surface area contributed by atoms with Gasteiger partial charge >= 0.3 is 0 Å². The van der Waals surface area contributed by atoms with E-state index in [1.54, 1.807) is 24.3 Å². The van der Waals surface area contributed by atoms with Gasteiger partial charge in [-0.3, -0.25) is 9.59 Å². The van der Waals surface area contributed by atoms with Gasteiger partial charge in [-0.2, -0.15) is 0 Å². The SMILES string of the molecule is O=C(C#C/C=C/C#CC(=O)c1cccs1)c1cccs1. The van der Waals surface area contributed by atoms with Crippen LogP contribution in [-0.4, -0.2) is 11.6 Å². The number of thiophene rings is 2. The standard InChI is InChI=1S/C16H8O2S2/c17-13(15-9-5-11-19-15)7-3-1-2-4-8-14(18)16-10-6-12-20-16/h1-2,5-6,9-12H/b2-1+. The average molecular weight is 296 g/mol. The molecule has 0 atom stereocenters. The van der Waals surface area contributed by atoms with Crippen LogP contribution in [0.2, 0.25) is 0 Å². The Kier molecular flexibility index (Phi) is 5.08. The largest absolute Gasteiger partial charge is 0.278 e. The Morgan fingerprint density at radius 1 is 0.850 bits per heavy atom. The molecule has 96 valence electrons. The van der Waals surface area contributed by atoms with E-state index in [1.807, 2.05) is 10.8 Å². The van der Waals surface area contributed by atoms with Crippen molar-refractivity contribution in [2.75, 3.05) is 0 Å². The Morgan fingerprint density at radius 3 is 1.65 bits per heavy atom. The van der Waals surface area contributed by atoms with Crippen molar-refractivity contribution in [3.05, 3.63) is 56.9 Å². The van der Waals surface area contributed by atoms with E-state index < -0.39 is 0 Å². The van der Waals surface area contributed by atoms with Gasteiger partial charge < -0.3 is 0 Å². The van der Waals surface area contributed by atoms with E-state index in [0.29, 0.717) is 9.75 Å². The quantitative estimate of drug-likeness (QED) is 0.483. The highest BCUT2D eigenvalue weighted by Gasteiger charge is 2.01. The van der Waals surface area contributed by atoms with Crippen LogP contribution in [0.5, 0.6) is 0 Å². The van der Waals surface area contributed by atoms with Crippen molar-refractivity contribution in [1.29, 1.82) is 0 Å². The minimum absolute atomic E-state index is 0.215. The molecule has 4 heteroatoms. The van der Waals surface area contributed by atoms with Crippen molar-refractivity contribution >= 4 is 34.2 Å². The van der Waals surface area contributed by atoms with Crippen LogP contribution in [0.25, 0.3) is 0 Å². The lowest BCUT2D eigenvalue weighted by molar-refractivity contribution is 0.105. The van der Waals surface area contributed by atoms with Gasteiger partial charge in [0.05, 0.1) is 9.75 Å². The fraction of sp³-hybridized carbons (Fsp3) is 0. The molecule has 2 rings (SSSR count). The second-order valence-corrected chi connectivity index (χ2v) is 5.38. The molecule has 0 unspecified atom stereocenters.